The number of ketones is 3. The van der Waals surface area contributed by atoms with Gasteiger partial charge in [0.25, 0.3) is 0 Å². The molecule has 1 aromatic carbocycles. The van der Waals surface area contributed by atoms with Crippen molar-refractivity contribution in [3.05, 3.63) is 34.5 Å². The Morgan fingerprint density at radius 3 is 1.92 bits per heavy atom. The summed E-state index contributed by atoms with van der Waals surface area (Å²) >= 11 is 0. The number of unbranched alkanes of at least 4 members (excludes halogenated alkanes) is 1. The Kier molecular flexibility index (Phi) is 16.0. The molecule has 5 atom stereocenters. The van der Waals surface area contributed by atoms with E-state index in [4.69, 9.17) is 45.9 Å². The number of fused-ring (bicyclic) bond motifs is 1. The van der Waals surface area contributed by atoms with Crippen molar-refractivity contribution in [2.75, 3.05) is 13.1 Å². The van der Waals surface area contributed by atoms with Crippen molar-refractivity contribution in [2.45, 2.75) is 95.4 Å². The highest BCUT2D eigenvalue weighted by molar-refractivity contribution is 6.22. The molecule has 282 valence electrons. The molecule has 0 bridgehead atoms. The molecule has 18 N–H and O–H groups in total. The van der Waals surface area contributed by atoms with Crippen molar-refractivity contribution in [3.63, 3.8) is 0 Å². The topological polar surface area (TPSA) is 368 Å². The van der Waals surface area contributed by atoms with Crippen LogP contribution in [0.1, 0.15) is 100 Å². The quantitative estimate of drug-likeness (QED) is 0.0296. The Morgan fingerprint density at radius 2 is 1.37 bits per heavy atom. The largest absolute Gasteiger partial charge is 0.481 e. The van der Waals surface area contributed by atoms with Gasteiger partial charge in [0.2, 0.25) is 5.91 Å². The number of carboxylic acid groups (broad SMARTS) is 2. The Balaban J connectivity index is 3.14. The first kappa shape index (κ1) is 42.6. The number of aromatic nitrogens is 1. The van der Waals surface area contributed by atoms with E-state index >= 15 is 0 Å². The number of nitrogens with two attached hydrogens (primary N) is 8. The average molecular weight is 717 g/mol. The van der Waals surface area contributed by atoms with Crippen molar-refractivity contribution in [2.24, 2.45) is 56.8 Å². The highest BCUT2D eigenvalue weighted by Gasteiger charge is 2.37. The summed E-state index contributed by atoms with van der Waals surface area (Å²) in [7, 11) is 0. The van der Waals surface area contributed by atoms with E-state index < -0.39 is 89.9 Å². The van der Waals surface area contributed by atoms with Gasteiger partial charge in [0.15, 0.2) is 23.3 Å². The third-order valence-corrected chi connectivity index (χ3v) is 8.56. The van der Waals surface area contributed by atoms with Crippen LogP contribution in [0.4, 0.5) is 0 Å². The molecule has 2 aromatic rings. The first-order valence-electron chi connectivity index (χ1n) is 16.7. The zero-order valence-electron chi connectivity index (χ0n) is 29.0. The predicted octanol–water partition coefficient (Wildman–Crippen LogP) is -1.20. The number of carbonyl (C=O) groups is 6. The number of aliphatic carboxylic acids is 2. The van der Waals surface area contributed by atoms with E-state index in [0.717, 1.165) is 4.57 Å². The standard InChI is InChI=1S/C33H52N10O8/c1-15(2)26(39)31(49)43-22-10-8-16(28(46)18(35)7-5-13-42-33(40)41)25(29(47)19(36)6-3-4-12-34)24(22)17(14-21(38)32(50)51)27(43)30(48)20(37)9-11-23(44)45/h8,10,15,18-21,26H,3-7,9,11-14,34-39H2,1-2H3,(H,44,45)(H,50,51)(H4,40,41,42). The summed E-state index contributed by atoms with van der Waals surface area (Å²) < 4.78 is 0.951. The number of benzene rings is 1. The number of guanidine groups is 1. The lowest BCUT2D eigenvalue weighted by Crippen LogP contribution is -2.42. The molecule has 1 aromatic heterocycles. The van der Waals surface area contributed by atoms with Crippen molar-refractivity contribution in [3.8, 4) is 0 Å². The van der Waals surface area contributed by atoms with Gasteiger partial charge in [-0.2, -0.15) is 0 Å². The zero-order chi connectivity index (χ0) is 38.7. The van der Waals surface area contributed by atoms with Gasteiger partial charge in [-0.05, 0) is 62.3 Å². The van der Waals surface area contributed by atoms with Gasteiger partial charge in [-0.3, -0.25) is 38.3 Å². The van der Waals surface area contributed by atoms with Gasteiger partial charge in [-0.25, -0.2) is 0 Å². The van der Waals surface area contributed by atoms with Crippen LogP contribution >= 0.6 is 0 Å². The molecule has 0 radical (unpaired) electrons. The van der Waals surface area contributed by atoms with Crippen LogP contribution in [0, 0.1) is 5.92 Å². The molecular weight excluding hydrogens is 664 g/mol. The molecule has 0 aliphatic carbocycles. The fraction of sp³-hybridized carbons (Fsp3) is 0.545. The van der Waals surface area contributed by atoms with Gasteiger partial charge >= 0.3 is 11.9 Å². The van der Waals surface area contributed by atoms with E-state index in [1.165, 1.54) is 12.1 Å². The summed E-state index contributed by atoms with van der Waals surface area (Å²) in [4.78, 5) is 84.0. The number of Topliss-reactive ketones (excluding diaryl/α,β-unsaturated/α-hetero) is 3. The molecule has 18 heteroatoms. The van der Waals surface area contributed by atoms with Crippen LogP contribution in [0.15, 0.2) is 17.1 Å². The Morgan fingerprint density at radius 1 is 0.784 bits per heavy atom. The fourth-order valence-corrected chi connectivity index (χ4v) is 5.61. The van der Waals surface area contributed by atoms with Crippen LogP contribution in [0.2, 0.25) is 0 Å². The molecule has 0 spiro atoms. The molecule has 1 heterocycles. The first-order valence-corrected chi connectivity index (χ1v) is 16.7. The molecule has 0 aliphatic heterocycles. The highest BCUT2D eigenvalue weighted by atomic mass is 16.4. The molecule has 18 nitrogen and oxygen atoms in total. The van der Waals surface area contributed by atoms with Gasteiger partial charge < -0.3 is 56.1 Å². The summed E-state index contributed by atoms with van der Waals surface area (Å²) in [6, 6.07) is -4.11. The average Bonchev–Trinajstić information content (AvgIpc) is 3.39. The third kappa shape index (κ3) is 10.7. The maximum Gasteiger partial charge on any atom is 0.320 e. The van der Waals surface area contributed by atoms with Crippen molar-refractivity contribution in [1.82, 2.24) is 4.57 Å². The summed E-state index contributed by atoms with van der Waals surface area (Å²) in [5.41, 5.74) is 46.4. The normalized spacial score (nSPS) is 14.5. The maximum atomic E-state index is 14.4. The molecule has 0 saturated carbocycles. The smallest absolute Gasteiger partial charge is 0.320 e. The molecule has 5 unspecified atom stereocenters. The summed E-state index contributed by atoms with van der Waals surface area (Å²) in [6.07, 6.45) is 0.0945. The number of hydrogen-bond donors (Lipinski definition) is 10. The molecule has 0 saturated heterocycles. The lowest BCUT2D eigenvalue weighted by Gasteiger charge is -2.19. The number of carbonyl (C=O) groups excluding carboxylic acids is 4. The molecule has 0 aliphatic rings. The predicted molar refractivity (Wildman–Crippen MR) is 191 cm³/mol. The van der Waals surface area contributed by atoms with Crippen molar-refractivity contribution < 1.29 is 39.0 Å². The summed E-state index contributed by atoms with van der Waals surface area (Å²) in [6.45, 7) is 3.83. The Bertz CT molecular complexity index is 1650. The van der Waals surface area contributed by atoms with E-state index in [1.54, 1.807) is 13.8 Å². The number of hydrogen-bond acceptors (Lipinski definition) is 13. The zero-order valence-corrected chi connectivity index (χ0v) is 29.0. The Hall–Kier alpha value is -4.59. The monoisotopic (exact) mass is 716 g/mol. The number of aliphatic imine (C=N–C) groups is 1. The van der Waals surface area contributed by atoms with E-state index in [2.05, 4.69) is 4.99 Å². The van der Waals surface area contributed by atoms with E-state index in [0.29, 0.717) is 25.8 Å². The van der Waals surface area contributed by atoms with Crippen LogP contribution in [-0.2, 0) is 16.0 Å². The second kappa shape index (κ2) is 19.1. The van der Waals surface area contributed by atoms with Crippen LogP contribution < -0.4 is 45.9 Å². The van der Waals surface area contributed by atoms with Gasteiger partial charge in [-0.1, -0.05) is 20.3 Å². The second-order valence-corrected chi connectivity index (χ2v) is 12.9. The summed E-state index contributed by atoms with van der Waals surface area (Å²) in [5.74, 6) is -6.48. The molecule has 51 heavy (non-hydrogen) atoms. The van der Waals surface area contributed by atoms with Gasteiger partial charge in [0, 0.05) is 35.9 Å². The van der Waals surface area contributed by atoms with Crippen molar-refractivity contribution >= 4 is 52.1 Å². The van der Waals surface area contributed by atoms with Gasteiger partial charge in [-0.15, -0.1) is 0 Å². The van der Waals surface area contributed by atoms with E-state index in [-0.39, 0.29) is 59.4 Å². The number of rotatable bonds is 22. The van der Waals surface area contributed by atoms with E-state index in [1.807, 2.05) is 0 Å². The van der Waals surface area contributed by atoms with Crippen LogP contribution in [0.5, 0.6) is 0 Å². The van der Waals surface area contributed by atoms with Crippen molar-refractivity contribution in [1.29, 1.82) is 0 Å². The maximum absolute atomic E-state index is 14.4. The van der Waals surface area contributed by atoms with E-state index in [9.17, 15) is 39.0 Å². The third-order valence-electron chi connectivity index (χ3n) is 8.56. The Labute approximate surface area is 295 Å². The van der Waals surface area contributed by atoms with Crippen LogP contribution in [0.25, 0.3) is 10.9 Å². The summed E-state index contributed by atoms with van der Waals surface area (Å²) in [5, 5.41) is 19.0. The first-order chi connectivity index (χ1) is 23.9. The minimum atomic E-state index is -1.67. The second-order valence-electron chi connectivity index (χ2n) is 12.9. The lowest BCUT2D eigenvalue weighted by atomic mass is 9.86. The lowest BCUT2D eigenvalue weighted by molar-refractivity contribution is -0.139. The van der Waals surface area contributed by atoms with Crippen LogP contribution in [-0.4, -0.2) is 99.2 Å². The molecule has 0 amide bonds. The highest BCUT2D eigenvalue weighted by Crippen LogP contribution is 2.35. The van der Waals surface area contributed by atoms with Crippen LogP contribution in [0.3, 0.4) is 0 Å². The van der Waals surface area contributed by atoms with Gasteiger partial charge in [0.1, 0.15) is 6.04 Å². The van der Waals surface area contributed by atoms with Gasteiger partial charge in [0.05, 0.1) is 35.4 Å². The number of nitrogens with zero attached hydrogens (tertiary/aromatic N) is 2. The fourth-order valence-electron chi connectivity index (χ4n) is 5.61. The molecule has 2 rings (SSSR count). The molecular formula is C33H52N10O8. The minimum absolute atomic E-state index is 0.0622. The molecule has 0 fully saturated rings. The number of carboxylic acids is 2. The minimum Gasteiger partial charge on any atom is -0.481 e. The SMILES string of the molecule is CC(C)C(N)C(=O)n1c(C(=O)C(N)CCC(=O)O)c(CC(N)C(=O)O)c2c(C(=O)C(N)CCCCN)c(C(=O)C(N)CCCN=C(N)N)ccc21.